The van der Waals surface area contributed by atoms with E-state index in [4.69, 9.17) is 10.5 Å². The average Bonchev–Trinajstić information content (AvgIpc) is 2.70. The Balaban J connectivity index is 1.61. The summed E-state index contributed by atoms with van der Waals surface area (Å²) < 4.78 is 5.94. The summed E-state index contributed by atoms with van der Waals surface area (Å²) in [5.41, 5.74) is 11.2. The van der Waals surface area contributed by atoms with E-state index in [9.17, 15) is 0 Å². The Kier molecular flexibility index (Phi) is 4.40. The van der Waals surface area contributed by atoms with E-state index in [0.29, 0.717) is 5.41 Å². The molecule has 5 rings (SSSR count). The molecule has 27 heavy (non-hydrogen) atoms. The van der Waals surface area contributed by atoms with Gasteiger partial charge in [0.05, 0.1) is 12.8 Å². The highest BCUT2D eigenvalue weighted by Crippen LogP contribution is 2.56. The molecule has 1 saturated carbocycles. The maximum absolute atomic E-state index is 6.28. The van der Waals surface area contributed by atoms with Gasteiger partial charge >= 0.3 is 0 Å². The minimum atomic E-state index is 0.284. The summed E-state index contributed by atoms with van der Waals surface area (Å²) in [6, 6.07) is 5.91. The molecule has 0 amide bonds. The van der Waals surface area contributed by atoms with Crippen LogP contribution >= 0.6 is 0 Å². The van der Waals surface area contributed by atoms with Gasteiger partial charge in [-0.25, -0.2) is 0 Å². The molecule has 0 aromatic heterocycles. The van der Waals surface area contributed by atoms with Crippen molar-refractivity contribution in [2.75, 3.05) is 38.7 Å². The number of benzene rings is 1. The summed E-state index contributed by atoms with van der Waals surface area (Å²) in [6.07, 6.45) is 10.4. The second-order valence-corrected chi connectivity index (χ2v) is 9.54. The number of nitrogens with two attached hydrogens (primary N) is 1. The van der Waals surface area contributed by atoms with E-state index in [1.165, 1.54) is 57.2 Å². The summed E-state index contributed by atoms with van der Waals surface area (Å²) >= 11 is 0. The van der Waals surface area contributed by atoms with Gasteiger partial charge in [0.15, 0.2) is 0 Å². The van der Waals surface area contributed by atoms with Crippen molar-refractivity contribution in [2.45, 2.75) is 68.9 Å². The molecule has 4 nitrogen and oxygen atoms in total. The van der Waals surface area contributed by atoms with E-state index in [-0.39, 0.29) is 6.04 Å². The second kappa shape index (κ2) is 6.66. The second-order valence-electron chi connectivity index (χ2n) is 9.54. The fourth-order valence-corrected chi connectivity index (χ4v) is 6.86. The molecule has 0 radical (unpaired) electrons. The minimum Gasteiger partial charge on any atom is -0.495 e. The van der Waals surface area contributed by atoms with Gasteiger partial charge in [0, 0.05) is 30.6 Å². The van der Waals surface area contributed by atoms with Gasteiger partial charge in [0.2, 0.25) is 0 Å². The van der Waals surface area contributed by atoms with Crippen LogP contribution in [0, 0.1) is 5.92 Å². The van der Waals surface area contributed by atoms with E-state index in [0.717, 1.165) is 37.2 Å². The first-order chi connectivity index (χ1) is 13.1. The van der Waals surface area contributed by atoms with Crippen LogP contribution in [-0.2, 0) is 11.8 Å². The molecule has 4 atom stereocenters. The van der Waals surface area contributed by atoms with Crippen LogP contribution in [0.4, 0.5) is 5.69 Å². The number of likely N-dealkylation sites (tertiary alicyclic amines) is 1. The maximum atomic E-state index is 6.28. The van der Waals surface area contributed by atoms with Crippen LogP contribution in [0.1, 0.15) is 56.1 Å². The molecule has 1 aromatic rings. The van der Waals surface area contributed by atoms with Gasteiger partial charge in [-0.05, 0) is 81.3 Å². The summed E-state index contributed by atoms with van der Waals surface area (Å²) in [4.78, 5) is 5.12. The van der Waals surface area contributed by atoms with Crippen molar-refractivity contribution in [2.24, 2.45) is 11.7 Å². The lowest BCUT2D eigenvalue weighted by molar-refractivity contribution is 0.00275. The molecule has 2 saturated heterocycles. The van der Waals surface area contributed by atoms with Gasteiger partial charge in [-0.1, -0.05) is 12.8 Å². The zero-order valence-corrected chi connectivity index (χ0v) is 17.0. The third-order valence-corrected chi connectivity index (χ3v) is 8.21. The summed E-state index contributed by atoms with van der Waals surface area (Å²) in [6.45, 7) is 3.29. The summed E-state index contributed by atoms with van der Waals surface area (Å²) in [5, 5.41) is 0. The van der Waals surface area contributed by atoms with Crippen molar-refractivity contribution in [1.82, 2.24) is 4.90 Å². The van der Waals surface area contributed by atoms with E-state index in [1.54, 1.807) is 11.1 Å². The standard InChI is InChI=1S/C23H35N3O/c1-25-11-9-23-8-4-3-7-18(23)20(25)12-16-13-21(22(27-2)14-19(16)23)26-10-5-6-17(24)15-26/h13-14,17-18,20H,3-12,15,24H2,1-2H3/t17?,18?,20-,23-/m0/s1. The number of hydrogen-bond acceptors (Lipinski definition) is 4. The van der Waals surface area contributed by atoms with Gasteiger partial charge in [0.25, 0.3) is 0 Å². The highest BCUT2D eigenvalue weighted by atomic mass is 16.5. The fraction of sp³-hybridized carbons (Fsp3) is 0.739. The van der Waals surface area contributed by atoms with Crippen LogP contribution in [-0.4, -0.2) is 50.8 Å². The SMILES string of the molecule is COc1cc2c(cc1N1CCCC(N)C1)C[C@H]1C3CCCC[C@@]23CCN1C. The normalized spacial score (nSPS) is 36.1. The number of piperidine rings is 2. The Labute approximate surface area is 164 Å². The molecule has 0 spiro atoms. The van der Waals surface area contributed by atoms with Crippen LogP contribution in [0.2, 0.25) is 0 Å². The Hall–Kier alpha value is -1.26. The van der Waals surface area contributed by atoms with E-state index < -0.39 is 0 Å². The summed E-state index contributed by atoms with van der Waals surface area (Å²) in [7, 11) is 4.19. The van der Waals surface area contributed by atoms with Gasteiger partial charge in [-0.15, -0.1) is 0 Å². The third-order valence-electron chi connectivity index (χ3n) is 8.21. The highest BCUT2D eigenvalue weighted by Gasteiger charge is 2.53. The number of hydrogen-bond donors (Lipinski definition) is 1. The van der Waals surface area contributed by atoms with Crippen LogP contribution in [0.3, 0.4) is 0 Å². The molecule has 2 unspecified atom stereocenters. The molecule has 2 aliphatic carbocycles. The van der Waals surface area contributed by atoms with Crippen LogP contribution in [0.15, 0.2) is 12.1 Å². The quantitative estimate of drug-likeness (QED) is 0.868. The van der Waals surface area contributed by atoms with Gasteiger partial charge in [0.1, 0.15) is 5.75 Å². The maximum Gasteiger partial charge on any atom is 0.142 e. The number of rotatable bonds is 2. The van der Waals surface area contributed by atoms with Gasteiger partial charge in [-0.2, -0.15) is 0 Å². The molecule has 1 aromatic carbocycles. The lowest BCUT2D eigenvalue weighted by Gasteiger charge is -2.58. The Morgan fingerprint density at radius 2 is 2.00 bits per heavy atom. The van der Waals surface area contributed by atoms with Crippen LogP contribution in [0.25, 0.3) is 0 Å². The topological polar surface area (TPSA) is 41.7 Å². The Morgan fingerprint density at radius 1 is 1.11 bits per heavy atom. The Bertz CT molecular complexity index is 720. The van der Waals surface area contributed by atoms with Gasteiger partial charge < -0.3 is 20.3 Å². The lowest BCUT2D eigenvalue weighted by atomic mass is 9.52. The Morgan fingerprint density at radius 3 is 2.81 bits per heavy atom. The molecule has 4 aliphatic rings. The van der Waals surface area contributed by atoms with Crippen molar-refractivity contribution in [1.29, 1.82) is 0 Å². The molecule has 3 fully saturated rings. The molecule has 2 bridgehead atoms. The number of nitrogens with zero attached hydrogens (tertiary/aromatic N) is 2. The lowest BCUT2D eigenvalue weighted by Crippen LogP contribution is -2.59. The number of methoxy groups -OCH3 is 1. The molecular formula is C23H35N3O. The number of anilines is 1. The number of fused-ring (bicyclic) bond motifs is 1. The van der Waals surface area contributed by atoms with Crippen molar-refractivity contribution in [3.63, 3.8) is 0 Å². The molecule has 2 N–H and O–H groups in total. The first kappa shape index (κ1) is 17.8. The van der Waals surface area contributed by atoms with E-state index >= 15 is 0 Å². The first-order valence-corrected chi connectivity index (χ1v) is 11.0. The molecular weight excluding hydrogens is 334 g/mol. The molecule has 2 aliphatic heterocycles. The monoisotopic (exact) mass is 369 g/mol. The molecule has 148 valence electrons. The zero-order chi connectivity index (χ0) is 18.6. The van der Waals surface area contributed by atoms with Crippen LogP contribution < -0.4 is 15.4 Å². The van der Waals surface area contributed by atoms with E-state index in [2.05, 4.69) is 29.0 Å². The average molecular weight is 370 g/mol. The predicted molar refractivity (Wildman–Crippen MR) is 111 cm³/mol. The highest BCUT2D eigenvalue weighted by molar-refractivity contribution is 5.64. The summed E-state index contributed by atoms with van der Waals surface area (Å²) in [5.74, 6) is 1.90. The van der Waals surface area contributed by atoms with Crippen molar-refractivity contribution < 1.29 is 4.74 Å². The van der Waals surface area contributed by atoms with Crippen LogP contribution in [0.5, 0.6) is 5.75 Å². The molecule has 2 heterocycles. The number of likely N-dealkylation sites (N-methyl/N-ethyl adjacent to an activating group) is 1. The predicted octanol–water partition coefficient (Wildman–Crippen LogP) is 3.31. The van der Waals surface area contributed by atoms with Crippen molar-refractivity contribution in [3.05, 3.63) is 23.3 Å². The van der Waals surface area contributed by atoms with E-state index in [1.807, 2.05) is 7.11 Å². The third kappa shape index (κ3) is 2.71. The zero-order valence-electron chi connectivity index (χ0n) is 17.0. The van der Waals surface area contributed by atoms with Crippen molar-refractivity contribution >= 4 is 5.69 Å². The first-order valence-electron chi connectivity index (χ1n) is 11.0. The smallest absolute Gasteiger partial charge is 0.142 e. The number of ether oxygens (including phenoxy) is 1. The minimum absolute atomic E-state index is 0.284. The van der Waals surface area contributed by atoms with Gasteiger partial charge in [-0.3, -0.25) is 0 Å². The molecule has 4 heteroatoms. The fourth-order valence-electron chi connectivity index (χ4n) is 6.86. The largest absolute Gasteiger partial charge is 0.495 e. The van der Waals surface area contributed by atoms with Crippen molar-refractivity contribution in [3.8, 4) is 5.75 Å².